The zero-order chi connectivity index (χ0) is 14.2. The largest absolute Gasteiger partial charge is 0.494 e. The van der Waals surface area contributed by atoms with Crippen LogP contribution in [0.15, 0.2) is 29.3 Å². The zero-order valence-electron chi connectivity index (χ0n) is 10.2. The molecule has 1 aromatic heterocycles. The number of rotatable bonds is 3. The van der Waals surface area contributed by atoms with Gasteiger partial charge in [0.1, 0.15) is 11.3 Å². The third kappa shape index (κ3) is 2.37. The van der Waals surface area contributed by atoms with Crippen LogP contribution in [-0.2, 0) is 9.84 Å². The number of ether oxygens (including phenoxy) is 1. The van der Waals surface area contributed by atoms with Crippen LogP contribution in [0.5, 0.6) is 5.75 Å². The van der Waals surface area contributed by atoms with E-state index in [0.29, 0.717) is 11.1 Å². The lowest BCUT2D eigenvalue weighted by atomic mass is 10.1. The zero-order valence-corrected chi connectivity index (χ0v) is 11.1. The van der Waals surface area contributed by atoms with E-state index in [9.17, 15) is 18.3 Å². The Bertz CT molecular complexity index is 767. The van der Waals surface area contributed by atoms with E-state index in [0.717, 1.165) is 12.3 Å². The summed E-state index contributed by atoms with van der Waals surface area (Å²) in [5, 5.41) is 9.22. The SMILES string of the molecule is COc1cccc2c(C(=O)O)cc(S(C)(=O)=O)nc12. The van der Waals surface area contributed by atoms with E-state index in [1.165, 1.54) is 7.11 Å². The van der Waals surface area contributed by atoms with Gasteiger partial charge in [0.05, 0.1) is 12.7 Å². The molecular formula is C12H11NO5S. The van der Waals surface area contributed by atoms with E-state index in [4.69, 9.17) is 4.74 Å². The highest BCUT2D eigenvalue weighted by Gasteiger charge is 2.18. The molecule has 0 saturated heterocycles. The van der Waals surface area contributed by atoms with Crippen molar-refractivity contribution in [2.45, 2.75) is 5.03 Å². The minimum absolute atomic E-state index is 0.121. The van der Waals surface area contributed by atoms with Crippen molar-refractivity contribution in [2.75, 3.05) is 13.4 Å². The first-order chi connectivity index (χ1) is 8.84. The summed E-state index contributed by atoms with van der Waals surface area (Å²) >= 11 is 0. The Balaban J connectivity index is 2.96. The first-order valence-corrected chi connectivity index (χ1v) is 7.15. The summed E-state index contributed by atoms with van der Waals surface area (Å²) in [6, 6.07) is 5.82. The Morgan fingerprint density at radius 1 is 1.37 bits per heavy atom. The van der Waals surface area contributed by atoms with Crippen molar-refractivity contribution in [3.05, 3.63) is 29.8 Å². The van der Waals surface area contributed by atoms with Gasteiger partial charge in [0.25, 0.3) is 0 Å². The molecule has 0 atom stereocenters. The summed E-state index contributed by atoms with van der Waals surface area (Å²) < 4.78 is 28.2. The molecule has 0 aliphatic carbocycles. The molecule has 0 amide bonds. The molecule has 19 heavy (non-hydrogen) atoms. The molecule has 7 heteroatoms. The summed E-state index contributed by atoms with van der Waals surface area (Å²) in [6.45, 7) is 0. The van der Waals surface area contributed by atoms with Crippen LogP contribution in [0.3, 0.4) is 0 Å². The number of pyridine rings is 1. The molecule has 0 spiro atoms. The minimum atomic E-state index is -3.61. The molecule has 0 aliphatic heterocycles. The van der Waals surface area contributed by atoms with Crippen LogP contribution in [0, 0.1) is 0 Å². The smallest absolute Gasteiger partial charge is 0.336 e. The van der Waals surface area contributed by atoms with Crippen LogP contribution >= 0.6 is 0 Å². The van der Waals surface area contributed by atoms with Gasteiger partial charge >= 0.3 is 5.97 Å². The van der Waals surface area contributed by atoms with Gasteiger partial charge in [-0.2, -0.15) is 0 Å². The number of hydrogen-bond acceptors (Lipinski definition) is 5. The van der Waals surface area contributed by atoms with Crippen molar-refractivity contribution >= 4 is 26.7 Å². The fourth-order valence-electron chi connectivity index (χ4n) is 1.73. The molecular weight excluding hydrogens is 270 g/mol. The first-order valence-electron chi connectivity index (χ1n) is 5.25. The Morgan fingerprint density at radius 3 is 2.58 bits per heavy atom. The molecule has 2 aromatic rings. The maximum absolute atomic E-state index is 11.6. The molecule has 0 fully saturated rings. The number of aromatic carboxylic acids is 1. The van der Waals surface area contributed by atoms with E-state index in [1.54, 1.807) is 18.2 Å². The number of fused-ring (bicyclic) bond motifs is 1. The van der Waals surface area contributed by atoms with Crippen LogP contribution < -0.4 is 4.74 Å². The first kappa shape index (κ1) is 13.3. The minimum Gasteiger partial charge on any atom is -0.494 e. The second-order valence-electron chi connectivity index (χ2n) is 3.94. The number of methoxy groups -OCH3 is 1. The van der Waals surface area contributed by atoms with E-state index >= 15 is 0 Å². The number of aromatic nitrogens is 1. The van der Waals surface area contributed by atoms with E-state index < -0.39 is 15.8 Å². The maximum atomic E-state index is 11.6. The van der Waals surface area contributed by atoms with Crippen LogP contribution in [0.2, 0.25) is 0 Å². The predicted molar refractivity (Wildman–Crippen MR) is 68.4 cm³/mol. The van der Waals surface area contributed by atoms with Crippen molar-refractivity contribution in [1.29, 1.82) is 0 Å². The number of para-hydroxylation sites is 1. The van der Waals surface area contributed by atoms with Gasteiger partial charge in [-0.3, -0.25) is 0 Å². The van der Waals surface area contributed by atoms with Crippen molar-refractivity contribution < 1.29 is 23.1 Å². The van der Waals surface area contributed by atoms with Gasteiger partial charge in [0.15, 0.2) is 14.9 Å². The summed E-state index contributed by atoms with van der Waals surface area (Å²) in [5.41, 5.74) is 0.0923. The highest BCUT2D eigenvalue weighted by atomic mass is 32.2. The van der Waals surface area contributed by atoms with E-state index in [2.05, 4.69) is 4.98 Å². The fraction of sp³-hybridized carbons (Fsp3) is 0.167. The van der Waals surface area contributed by atoms with Crippen LogP contribution in [0.4, 0.5) is 0 Å². The maximum Gasteiger partial charge on any atom is 0.336 e. The summed E-state index contributed by atoms with van der Waals surface area (Å²) in [7, 11) is -2.20. The number of carboxylic acid groups (broad SMARTS) is 1. The van der Waals surface area contributed by atoms with Crippen LogP contribution in [0.1, 0.15) is 10.4 Å². The van der Waals surface area contributed by atoms with Gasteiger partial charge in [-0.15, -0.1) is 0 Å². The van der Waals surface area contributed by atoms with Gasteiger partial charge in [-0.1, -0.05) is 12.1 Å². The third-order valence-electron chi connectivity index (χ3n) is 2.61. The monoisotopic (exact) mass is 281 g/mol. The van der Waals surface area contributed by atoms with Crippen molar-refractivity contribution in [3.8, 4) is 5.75 Å². The number of nitrogens with zero attached hydrogens (tertiary/aromatic N) is 1. The quantitative estimate of drug-likeness (QED) is 0.912. The molecule has 0 bridgehead atoms. The molecule has 6 nitrogen and oxygen atoms in total. The average molecular weight is 281 g/mol. The second-order valence-corrected chi connectivity index (χ2v) is 5.90. The number of hydrogen-bond donors (Lipinski definition) is 1. The number of sulfone groups is 1. The Hall–Kier alpha value is -2.15. The molecule has 0 aliphatic rings. The number of benzene rings is 1. The Kier molecular flexibility index (Phi) is 3.15. The normalized spacial score (nSPS) is 11.5. The topological polar surface area (TPSA) is 93.6 Å². The van der Waals surface area contributed by atoms with E-state index in [1.807, 2.05) is 0 Å². The van der Waals surface area contributed by atoms with Crippen LogP contribution in [0.25, 0.3) is 10.9 Å². The van der Waals surface area contributed by atoms with Crippen molar-refractivity contribution in [1.82, 2.24) is 4.98 Å². The lowest BCUT2D eigenvalue weighted by molar-refractivity contribution is 0.0698. The predicted octanol–water partition coefficient (Wildman–Crippen LogP) is 1.35. The van der Waals surface area contributed by atoms with Crippen LogP contribution in [-0.4, -0.2) is 37.8 Å². The average Bonchev–Trinajstić information content (AvgIpc) is 2.35. The van der Waals surface area contributed by atoms with Gasteiger partial charge in [-0.05, 0) is 12.1 Å². The molecule has 1 N–H and O–H groups in total. The molecule has 1 heterocycles. The van der Waals surface area contributed by atoms with Gasteiger partial charge in [-0.25, -0.2) is 18.2 Å². The fourth-order valence-corrected chi connectivity index (χ4v) is 2.32. The molecule has 2 rings (SSSR count). The lowest BCUT2D eigenvalue weighted by Gasteiger charge is -2.08. The summed E-state index contributed by atoms with van der Waals surface area (Å²) in [5.74, 6) is -0.893. The summed E-state index contributed by atoms with van der Waals surface area (Å²) in [6.07, 6.45) is 0.974. The molecule has 0 saturated carbocycles. The highest BCUT2D eigenvalue weighted by Crippen LogP contribution is 2.28. The van der Waals surface area contributed by atoms with Gasteiger partial charge < -0.3 is 9.84 Å². The molecule has 100 valence electrons. The lowest BCUT2D eigenvalue weighted by Crippen LogP contribution is -2.06. The second kappa shape index (κ2) is 4.51. The third-order valence-corrected chi connectivity index (χ3v) is 3.58. The van der Waals surface area contributed by atoms with Crippen molar-refractivity contribution in [3.63, 3.8) is 0 Å². The van der Waals surface area contributed by atoms with Crippen molar-refractivity contribution in [2.24, 2.45) is 0 Å². The Morgan fingerprint density at radius 2 is 2.05 bits per heavy atom. The number of carbonyl (C=O) groups is 1. The van der Waals surface area contributed by atoms with Gasteiger partial charge in [0.2, 0.25) is 0 Å². The summed E-state index contributed by atoms with van der Waals surface area (Å²) in [4.78, 5) is 15.2. The van der Waals surface area contributed by atoms with Gasteiger partial charge in [0, 0.05) is 11.6 Å². The molecule has 0 radical (unpaired) electrons. The highest BCUT2D eigenvalue weighted by molar-refractivity contribution is 7.90. The molecule has 1 aromatic carbocycles. The standard InChI is InChI=1S/C12H11NO5S/c1-18-9-5-3-4-7-8(12(14)15)6-10(13-11(7)9)19(2,16)17/h3-6H,1-2H3,(H,14,15). The Labute approximate surface area is 109 Å². The van der Waals surface area contributed by atoms with E-state index in [-0.39, 0.29) is 16.1 Å². The number of carboxylic acids is 1. The molecule has 0 unspecified atom stereocenters.